The average Bonchev–Trinajstić information content (AvgIpc) is 3.57. The molecule has 41 heavy (non-hydrogen) atoms. The minimum atomic E-state index is -4.89. The van der Waals surface area contributed by atoms with Crippen molar-refractivity contribution in [1.82, 2.24) is 15.0 Å². The van der Waals surface area contributed by atoms with Crippen molar-refractivity contribution >= 4 is 56.2 Å². The van der Waals surface area contributed by atoms with E-state index in [9.17, 15) is 18.0 Å². The van der Waals surface area contributed by atoms with Gasteiger partial charge in [-0.2, -0.15) is 0 Å². The highest BCUT2D eigenvalue weighted by Gasteiger charge is 2.35. The number of hydrogen-bond acceptors (Lipinski definition) is 9. The van der Waals surface area contributed by atoms with Gasteiger partial charge in [0.25, 0.3) is 0 Å². The number of hydrogen-bond donors (Lipinski definition) is 1. The Morgan fingerprint density at radius 3 is 2.44 bits per heavy atom. The van der Waals surface area contributed by atoms with Crippen LogP contribution < -0.4 is 9.64 Å². The fraction of sp³-hybridized carbons (Fsp3) is 0.370. The minimum absolute atomic E-state index is 0.0835. The zero-order valence-electron chi connectivity index (χ0n) is 21.8. The molecule has 2 aliphatic rings. The molecule has 0 bridgehead atoms. The van der Waals surface area contributed by atoms with Crippen molar-refractivity contribution < 1.29 is 32.3 Å². The Morgan fingerprint density at radius 2 is 1.83 bits per heavy atom. The molecule has 0 radical (unpaired) electrons. The van der Waals surface area contributed by atoms with Crippen LogP contribution in [0.25, 0.3) is 21.5 Å². The molecule has 1 aliphatic heterocycles. The van der Waals surface area contributed by atoms with Crippen LogP contribution in [0.2, 0.25) is 10.0 Å². The Balaban J connectivity index is 0.00000165. The van der Waals surface area contributed by atoms with Gasteiger partial charge >= 0.3 is 6.36 Å². The van der Waals surface area contributed by atoms with Gasteiger partial charge in [-0.3, -0.25) is 9.69 Å². The lowest BCUT2D eigenvalue weighted by Gasteiger charge is -2.34. The number of ether oxygens (including phenoxy) is 1. The van der Waals surface area contributed by atoms with Crippen LogP contribution in [0.1, 0.15) is 40.4 Å². The second kappa shape index (κ2) is 12.1. The van der Waals surface area contributed by atoms with Gasteiger partial charge in [-0.25, -0.2) is 4.98 Å². The van der Waals surface area contributed by atoms with Crippen LogP contribution in [0.5, 0.6) is 5.75 Å². The Hall–Kier alpha value is -2.90. The van der Waals surface area contributed by atoms with Gasteiger partial charge in [0.05, 0.1) is 14.7 Å². The fourth-order valence-electron chi connectivity index (χ4n) is 4.80. The first-order valence-corrected chi connectivity index (χ1v) is 14.3. The minimum Gasteiger partial charge on any atom is -0.403 e. The van der Waals surface area contributed by atoms with Crippen molar-refractivity contribution in [1.29, 1.82) is 0 Å². The highest BCUT2D eigenvalue weighted by Crippen LogP contribution is 2.46. The predicted octanol–water partition coefficient (Wildman–Crippen LogP) is 6.78. The van der Waals surface area contributed by atoms with E-state index in [0.717, 1.165) is 37.3 Å². The zero-order valence-corrected chi connectivity index (χ0v) is 24.1. The summed E-state index contributed by atoms with van der Waals surface area (Å²) in [5.74, 6) is 0.739. The number of halogens is 5. The molecule has 0 unspecified atom stereocenters. The summed E-state index contributed by atoms with van der Waals surface area (Å²) in [6, 6.07) is 7.92. The Labute approximate surface area is 247 Å². The maximum absolute atomic E-state index is 13.0. The molecule has 6 rings (SSSR count). The molecule has 218 valence electrons. The summed E-state index contributed by atoms with van der Waals surface area (Å²) in [6.07, 6.45) is -2.30. The predicted molar refractivity (Wildman–Crippen MR) is 151 cm³/mol. The lowest BCUT2D eigenvalue weighted by Crippen LogP contribution is -2.46. The van der Waals surface area contributed by atoms with E-state index in [4.69, 9.17) is 32.8 Å². The lowest BCUT2D eigenvalue weighted by molar-refractivity contribution is -0.274. The Bertz CT molecular complexity index is 1530. The smallest absolute Gasteiger partial charge is 0.403 e. The number of thiazole rings is 1. The molecule has 0 amide bonds. The number of aldehydes is 1. The summed E-state index contributed by atoms with van der Waals surface area (Å²) in [5.41, 5.74) is 2.48. The van der Waals surface area contributed by atoms with Gasteiger partial charge in [-0.1, -0.05) is 45.8 Å². The van der Waals surface area contributed by atoms with Crippen molar-refractivity contribution in [3.63, 3.8) is 0 Å². The van der Waals surface area contributed by atoms with Gasteiger partial charge in [-0.15, -0.1) is 13.2 Å². The van der Waals surface area contributed by atoms with Gasteiger partial charge in [0.15, 0.2) is 10.9 Å². The number of fused-ring (bicyclic) bond motifs is 1. The number of carbonyl (C=O) groups excluding carboxylic acids is 1. The molecule has 2 aromatic heterocycles. The number of anilines is 1. The maximum atomic E-state index is 13.0. The monoisotopic (exact) mass is 628 g/mol. The quantitative estimate of drug-likeness (QED) is 0.224. The van der Waals surface area contributed by atoms with E-state index in [1.807, 2.05) is 4.90 Å². The van der Waals surface area contributed by atoms with Crippen LogP contribution in [0.15, 0.2) is 34.9 Å². The molecule has 1 saturated carbocycles. The number of aromatic nitrogens is 2. The largest absolute Gasteiger partial charge is 0.573 e. The summed E-state index contributed by atoms with van der Waals surface area (Å²) < 4.78 is 49.3. The van der Waals surface area contributed by atoms with Crippen LogP contribution in [0.4, 0.5) is 18.3 Å². The van der Waals surface area contributed by atoms with E-state index >= 15 is 0 Å². The molecule has 1 saturated heterocycles. The number of aliphatic hydroxyl groups excluding tert-OH is 1. The van der Waals surface area contributed by atoms with Gasteiger partial charge in [0.1, 0.15) is 23.3 Å². The number of rotatable bonds is 7. The third-order valence-electron chi connectivity index (χ3n) is 6.82. The van der Waals surface area contributed by atoms with Gasteiger partial charge < -0.3 is 19.3 Å². The number of aliphatic hydroxyl groups is 1. The Kier molecular flexibility index (Phi) is 8.76. The molecule has 14 heteroatoms. The summed E-state index contributed by atoms with van der Waals surface area (Å²) in [6.45, 7) is 3.20. The van der Waals surface area contributed by atoms with Crippen molar-refractivity contribution in [2.45, 2.75) is 31.7 Å². The maximum Gasteiger partial charge on any atom is 0.573 e. The third-order valence-corrected chi connectivity index (χ3v) is 8.52. The van der Waals surface area contributed by atoms with Gasteiger partial charge in [0, 0.05) is 62.4 Å². The number of alkyl halides is 3. The van der Waals surface area contributed by atoms with E-state index in [0.29, 0.717) is 76.1 Å². The number of nitrogens with zero attached hydrogens (tertiary/aromatic N) is 4. The second-order valence-electron chi connectivity index (χ2n) is 9.54. The number of piperazine rings is 1. The molecule has 0 spiro atoms. The molecule has 1 aliphatic carbocycles. The highest BCUT2D eigenvalue weighted by atomic mass is 35.5. The van der Waals surface area contributed by atoms with Crippen molar-refractivity contribution in [2.75, 3.05) is 38.2 Å². The second-order valence-corrected chi connectivity index (χ2v) is 11.4. The number of benzene rings is 2. The fourth-order valence-corrected chi connectivity index (χ4v) is 6.46. The zero-order chi connectivity index (χ0) is 29.3. The first-order valence-electron chi connectivity index (χ1n) is 12.7. The van der Waals surface area contributed by atoms with Crippen LogP contribution >= 0.6 is 34.5 Å². The SMILES string of the molecule is CO.O=Cc1cc(OC(F)(F)F)c2nc(N3CCN(Cc4c(-c5c(Cl)cccc5Cl)noc4C4CC4)CC3)sc2c1. The molecule has 8 nitrogen and oxygen atoms in total. The first-order chi connectivity index (χ1) is 19.7. The van der Waals surface area contributed by atoms with Crippen LogP contribution in [-0.4, -0.2) is 66.1 Å². The molecule has 4 aromatic rings. The lowest BCUT2D eigenvalue weighted by atomic mass is 10.0. The van der Waals surface area contributed by atoms with Crippen molar-refractivity contribution in [3.05, 3.63) is 57.3 Å². The molecular formula is C27H25Cl2F3N4O4S. The average molecular weight is 629 g/mol. The third kappa shape index (κ3) is 6.46. The van der Waals surface area contributed by atoms with E-state index in [1.165, 1.54) is 17.4 Å². The van der Waals surface area contributed by atoms with Gasteiger partial charge in [0.2, 0.25) is 0 Å². The van der Waals surface area contributed by atoms with Crippen molar-refractivity contribution in [2.24, 2.45) is 0 Å². The molecule has 1 N–H and O–H groups in total. The first kappa shape index (κ1) is 29.6. The van der Waals surface area contributed by atoms with Crippen LogP contribution in [0, 0.1) is 0 Å². The van der Waals surface area contributed by atoms with E-state index in [1.54, 1.807) is 18.2 Å². The summed E-state index contributed by atoms with van der Waals surface area (Å²) in [5, 5.41) is 13.0. The van der Waals surface area contributed by atoms with E-state index in [-0.39, 0.29) is 11.1 Å². The van der Waals surface area contributed by atoms with E-state index in [2.05, 4.69) is 19.8 Å². The summed E-state index contributed by atoms with van der Waals surface area (Å²) >= 11 is 14.2. The molecule has 2 fully saturated rings. The topological polar surface area (TPSA) is 91.9 Å². The standard InChI is InChI=1S/C26H21Cl2F3N4O3S.CH4O/c27-17-2-1-3-18(28)21(17)22-16(24(38-33-22)15-4-5-15)12-34-6-8-35(9-7-34)25-32-23-19(37-26(29,30)31)10-14(13-36)11-20(23)39-25;1-2/h1-3,10-11,13,15H,4-9,12H2;2H,1H3. The molecular weight excluding hydrogens is 604 g/mol. The summed E-state index contributed by atoms with van der Waals surface area (Å²) in [4.78, 5) is 20.0. The molecule has 2 aromatic carbocycles. The number of carbonyl (C=O) groups is 1. The normalized spacial score (nSPS) is 16.0. The Morgan fingerprint density at radius 1 is 1.15 bits per heavy atom. The summed E-state index contributed by atoms with van der Waals surface area (Å²) in [7, 11) is 1.00. The van der Waals surface area contributed by atoms with Crippen molar-refractivity contribution in [3.8, 4) is 17.0 Å². The highest BCUT2D eigenvalue weighted by molar-refractivity contribution is 7.22. The van der Waals surface area contributed by atoms with Crippen LogP contribution in [0.3, 0.4) is 0 Å². The molecule has 0 atom stereocenters. The van der Waals surface area contributed by atoms with Crippen LogP contribution in [-0.2, 0) is 6.54 Å². The molecule has 3 heterocycles. The van der Waals surface area contributed by atoms with Gasteiger partial charge in [-0.05, 0) is 37.1 Å². The van der Waals surface area contributed by atoms with E-state index < -0.39 is 12.1 Å².